The zero-order valence-electron chi connectivity index (χ0n) is 11.0. The van der Waals surface area contributed by atoms with Crippen LogP contribution in [-0.2, 0) is 0 Å². The van der Waals surface area contributed by atoms with Crippen LogP contribution in [0.2, 0.25) is 5.28 Å². The smallest absolute Gasteiger partial charge is 0.225 e. The van der Waals surface area contributed by atoms with Crippen LogP contribution in [-0.4, -0.2) is 53.1 Å². The highest BCUT2D eigenvalue weighted by Gasteiger charge is 2.16. The standard InChI is InChI=1S/C12H16ClN5S/c1-8-7-9-10(14-12(13)15-11(9)19-8)16-18-5-3-17(2)4-6-18/h7H,3-6H2,1-2H3,(H,14,15,16). The average molecular weight is 298 g/mol. The van der Waals surface area contributed by atoms with Crippen molar-refractivity contribution < 1.29 is 0 Å². The Kier molecular flexibility index (Phi) is 3.58. The van der Waals surface area contributed by atoms with E-state index in [-0.39, 0.29) is 0 Å². The highest BCUT2D eigenvalue weighted by molar-refractivity contribution is 7.18. The molecule has 2 aromatic rings. The molecule has 1 saturated heterocycles. The fourth-order valence-electron chi connectivity index (χ4n) is 2.17. The van der Waals surface area contributed by atoms with Crippen molar-refractivity contribution in [2.75, 3.05) is 38.7 Å². The van der Waals surface area contributed by atoms with Crippen LogP contribution in [0.4, 0.5) is 5.82 Å². The molecular weight excluding hydrogens is 282 g/mol. The van der Waals surface area contributed by atoms with Gasteiger partial charge in [-0.1, -0.05) is 0 Å². The van der Waals surface area contributed by atoms with E-state index in [2.05, 4.69) is 45.3 Å². The van der Waals surface area contributed by atoms with Gasteiger partial charge in [0.25, 0.3) is 0 Å². The number of hydrogen-bond donors (Lipinski definition) is 1. The van der Waals surface area contributed by atoms with E-state index in [1.54, 1.807) is 11.3 Å². The first-order chi connectivity index (χ1) is 9.11. The van der Waals surface area contributed by atoms with Crippen LogP contribution in [0.15, 0.2) is 6.07 Å². The number of rotatable bonds is 2. The summed E-state index contributed by atoms with van der Waals surface area (Å²) in [6.45, 7) is 6.13. The second kappa shape index (κ2) is 5.20. The molecule has 0 aromatic carbocycles. The molecule has 3 heterocycles. The molecule has 0 amide bonds. The number of nitrogens with one attached hydrogen (secondary N) is 1. The molecule has 0 aliphatic carbocycles. The van der Waals surface area contributed by atoms with Gasteiger partial charge in [0.2, 0.25) is 5.28 Å². The van der Waals surface area contributed by atoms with E-state index in [0.29, 0.717) is 5.28 Å². The topological polar surface area (TPSA) is 44.3 Å². The molecule has 0 radical (unpaired) electrons. The zero-order chi connectivity index (χ0) is 13.4. The highest BCUT2D eigenvalue weighted by Crippen LogP contribution is 2.29. The SMILES string of the molecule is Cc1cc2c(NN3CCN(C)CC3)nc(Cl)nc2s1. The highest BCUT2D eigenvalue weighted by atomic mass is 35.5. The minimum Gasteiger partial charge on any atom is -0.304 e. The fourth-order valence-corrected chi connectivity index (χ4v) is 3.27. The molecule has 0 bridgehead atoms. The van der Waals surface area contributed by atoms with Crippen molar-refractivity contribution in [2.45, 2.75) is 6.92 Å². The molecular formula is C12H16ClN5S. The quantitative estimate of drug-likeness (QED) is 0.861. The summed E-state index contributed by atoms with van der Waals surface area (Å²) >= 11 is 7.63. The number of halogens is 1. The van der Waals surface area contributed by atoms with Crippen LogP contribution in [0.1, 0.15) is 4.88 Å². The van der Waals surface area contributed by atoms with Gasteiger partial charge in [-0.25, -0.2) is 9.99 Å². The van der Waals surface area contributed by atoms with Crippen molar-refractivity contribution in [3.8, 4) is 0 Å². The number of fused-ring (bicyclic) bond motifs is 1. The monoisotopic (exact) mass is 297 g/mol. The Hall–Kier alpha value is -0.950. The second-order valence-electron chi connectivity index (χ2n) is 4.82. The minimum absolute atomic E-state index is 0.297. The van der Waals surface area contributed by atoms with Gasteiger partial charge in [0.05, 0.1) is 5.39 Å². The van der Waals surface area contributed by atoms with Gasteiger partial charge in [-0.15, -0.1) is 11.3 Å². The van der Waals surface area contributed by atoms with E-state index in [0.717, 1.165) is 42.2 Å². The zero-order valence-corrected chi connectivity index (χ0v) is 12.6. The van der Waals surface area contributed by atoms with Gasteiger partial charge in [0.1, 0.15) is 4.83 Å². The Bertz CT molecular complexity index is 591. The van der Waals surface area contributed by atoms with Gasteiger partial charge in [0, 0.05) is 31.1 Å². The van der Waals surface area contributed by atoms with E-state index >= 15 is 0 Å². The first-order valence-electron chi connectivity index (χ1n) is 6.25. The molecule has 0 unspecified atom stereocenters. The number of thiophene rings is 1. The van der Waals surface area contributed by atoms with Gasteiger partial charge in [-0.05, 0) is 31.6 Å². The summed E-state index contributed by atoms with van der Waals surface area (Å²) in [6.07, 6.45) is 0. The predicted molar refractivity (Wildman–Crippen MR) is 79.9 cm³/mol. The average Bonchev–Trinajstić information content (AvgIpc) is 2.72. The molecule has 19 heavy (non-hydrogen) atoms. The lowest BCUT2D eigenvalue weighted by molar-refractivity contribution is 0.178. The summed E-state index contributed by atoms with van der Waals surface area (Å²) in [4.78, 5) is 13.1. The number of aromatic nitrogens is 2. The van der Waals surface area contributed by atoms with Gasteiger partial charge < -0.3 is 10.3 Å². The summed E-state index contributed by atoms with van der Waals surface area (Å²) in [5.74, 6) is 0.809. The molecule has 0 spiro atoms. The Morgan fingerprint density at radius 1 is 1.26 bits per heavy atom. The van der Waals surface area contributed by atoms with E-state index in [9.17, 15) is 0 Å². The van der Waals surface area contributed by atoms with Crippen molar-refractivity contribution in [1.29, 1.82) is 0 Å². The lowest BCUT2D eigenvalue weighted by atomic mass is 10.3. The van der Waals surface area contributed by atoms with Crippen molar-refractivity contribution in [3.05, 3.63) is 16.2 Å². The van der Waals surface area contributed by atoms with Crippen LogP contribution in [0.3, 0.4) is 0 Å². The second-order valence-corrected chi connectivity index (χ2v) is 6.39. The van der Waals surface area contributed by atoms with Crippen LogP contribution in [0.25, 0.3) is 10.2 Å². The normalized spacial score (nSPS) is 18.1. The molecule has 1 aliphatic rings. The maximum Gasteiger partial charge on any atom is 0.225 e. The number of nitrogens with zero attached hydrogens (tertiary/aromatic N) is 4. The first kappa shape index (κ1) is 13.1. The molecule has 0 saturated carbocycles. The lowest BCUT2D eigenvalue weighted by Gasteiger charge is -2.32. The number of hydrazine groups is 1. The third-order valence-electron chi connectivity index (χ3n) is 3.26. The van der Waals surface area contributed by atoms with Gasteiger partial charge >= 0.3 is 0 Å². The van der Waals surface area contributed by atoms with Crippen molar-refractivity contribution in [3.63, 3.8) is 0 Å². The van der Waals surface area contributed by atoms with E-state index in [1.165, 1.54) is 4.88 Å². The molecule has 7 heteroatoms. The van der Waals surface area contributed by atoms with Crippen LogP contribution < -0.4 is 5.43 Å². The molecule has 1 aliphatic heterocycles. The van der Waals surface area contributed by atoms with Crippen LogP contribution in [0.5, 0.6) is 0 Å². The summed E-state index contributed by atoms with van der Waals surface area (Å²) < 4.78 is 0. The van der Waals surface area contributed by atoms with Gasteiger partial charge in [-0.3, -0.25) is 0 Å². The van der Waals surface area contributed by atoms with Crippen molar-refractivity contribution in [2.24, 2.45) is 0 Å². The minimum atomic E-state index is 0.297. The lowest BCUT2D eigenvalue weighted by Crippen LogP contribution is -2.47. The molecule has 2 aromatic heterocycles. The first-order valence-corrected chi connectivity index (χ1v) is 7.45. The Morgan fingerprint density at radius 3 is 2.74 bits per heavy atom. The Labute approximate surface area is 121 Å². The number of likely N-dealkylation sites (N-methyl/N-ethyl adjacent to an activating group) is 1. The van der Waals surface area contributed by atoms with E-state index in [4.69, 9.17) is 11.6 Å². The summed E-state index contributed by atoms with van der Waals surface area (Å²) in [5, 5.41) is 3.53. The Balaban J connectivity index is 1.87. The number of hydrogen-bond acceptors (Lipinski definition) is 6. The molecule has 1 N–H and O–H groups in total. The maximum atomic E-state index is 5.99. The largest absolute Gasteiger partial charge is 0.304 e. The van der Waals surface area contributed by atoms with E-state index < -0.39 is 0 Å². The maximum absolute atomic E-state index is 5.99. The van der Waals surface area contributed by atoms with Crippen LogP contribution in [0, 0.1) is 6.92 Å². The van der Waals surface area contributed by atoms with Gasteiger partial charge in [-0.2, -0.15) is 4.98 Å². The number of piperazine rings is 1. The predicted octanol–water partition coefficient (Wildman–Crippen LogP) is 2.23. The fraction of sp³-hybridized carbons (Fsp3) is 0.500. The third-order valence-corrected chi connectivity index (χ3v) is 4.37. The summed E-state index contributed by atoms with van der Waals surface area (Å²) in [6, 6.07) is 2.11. The number of anilines is 1. The molecule has 3 rings (SSSR count). The van der Waals surface area contributed by atoms with Crippen LogP contribution >= 0.6 is 22.9 Å². The van der Waals surface area contributed by atoms with Crippen molar-refractivity contribution in [1.82, 2.24) is 19.9 Å². The van der Waals surface area contributed by atoms with Crippen molar-refractivity contribution >= 4 is 39.0 Å². The summed E-state index contributed by atoms with van der Waals surface area (Å²) in [5.41, 5.74) is 3.38. The third kappa shape index (κ3) is 2.81. The molecule has 0 atom stereocenters. The molecule has 5 nitrogen and oxygen atoms in total. The Morgan fingerprint density at radius 2 is 2.00 bits per heavy atom. The van der Waals surface area contributed by atoms with Gasteiger partial charge in [0.15, 0.2) is 5.82 Å². The summed E-state index contributed by atoms with van der Waals surface area (Å²) in [7, 11) is 2.14. The molecule has 1 fully saturated rings. The molecule has 102 valence electrons. The van der Waals surface area contributed by atoms with E-state index in [1.807, 2.05) is 0 Å². The number of aryl methyl sites for hydroxylation is 1.